The van der Waals surface area contributed by atoms with Gasteiger partial charge in [0.05, 0.1) is 22.9 Å². The van der Waals surface area contributed by atoms with Crippen molar-refractivity contribution in [2.24, 2.45) is 0 Å². The molecule has 0 saturated heterocycles. The highest BCUT2D eigenvalue weighted by atomic mass is 35.5. The topological polar surface area (TPSA) is 113 Å². The number of nitrogens with zero attached hydrogens (tertiary/aromatic N) is 3. The van der Waals surface area contributed by atoms with Crippen LogP contribution in [0.5, 0.6) is 11.5 Å². The molecule has 0 saturated carbocycles. The maximum atomic E-state index is 11.6. The highest BCUT2D eigenvalue weighted by molar-refractivity contribution is 7.98. The minimum absolute atomic E-state index is 0.0504. The van der Waals surface area contributed by atoms with Gasteiger partial charge in [-0.25, -0.2) is 14.8 Å². The van der Waals surface area contributed by atoms with Crippen molar-refractivity contribution in [2.75, 3.05) is 39.3 Å². The molecule has 0 radical (unpaired) electrons. The van der Waals surface area contributed by atoms with Crippen molar-refractivity contribution in [3.8, 4) is 17.6 Å². The molecular weight excluding hydrogens is 638 g/mol. The van der Waals surface area contributed by atoms with Crippen LogP contribution >= 0.6 is 23.4 Å². The minimum atomic E-state index is -0.509. The van der Waals surface area contributed by atoms with E-state index in [0.29, 0.717) is 60.9 Å². The van der Waals surface area contributed by atoms with Crippen molar-refractivity contribution < 1.29 is 28.5 Å². The van der Waals surface area contributed by atoms with E-state index in [0.717, 1.165) is 41.8 Å². The van der Waals surface area contributed by atoms with Crippen LogP contribution in [0.25, 0.3) is 0 Å². The quantitative estimate of drug-likeness (QED) is 0.0534. The fourth-order valence-electron chi connectivity index (χ4n) is 4.58. The van der Waals surface area contributed by atoms with E-state index in [4.69, 9.17) is 35.3 Å². The second kappa shape index (κ2) is 18.8. The Labute approximate surface area is 288 Å². The summed E-state index contributed by atoms with van der Waals surface area (Å²) in [6.07, 6.45) is 6.99. The van der Waals surface area contributed by atoms with Gasteiger partial charge in [0.1, 0.15) is 30.6 Å². The molecule has 254 valence electrons. The van der Waals surface area contributed by atoms with Crippen LogP contribution in [0.15, 0.2) is 53.8 Å². The Balaban J connectivity index is 1.40. The van der Waals surface area contributed by atoms with Crippen molar-refractivity contribution in [2.45, 2.75) is 83.1 Å². The van der Waals surface area contributed by atoms with Crippen LogP contribution in [0, 0.1) is 11.3 Å². The molecule has 11 heteroatoms. The lowest BCUT2D eigenvalue weighted by atomic mass is 9.77. The van der Waals surface area contributed by atoms with Crippen LogP contribution in [0.4, 0.5) is 0 Å². The van der Waals surface area contributed by atoms with Crippen LogP contribution < -0.4 is 9.47 Å². The first kappa shape index (κ1) is 38.1. The number of ether oxygens (including phenoxy) is 5. The number of unbranched alkanes of at least 4 members (excludes halogenated alkanes) is 2. The van der Waals surface area contributed by atoms with Gasteiger partial charge in [0.15, 0.2) is 10.9 Å². The molecule has 0 unspecified atom stereocenters. The third-order valence-corrected chi connectivity index (χ3v) is 7.96. The van der Waals surface area contributed by atoms with E-state index < -0.39 is 11.0 Å². The van der Waals surface area contributed by atoms with Gasteiger partial charge >= 0.3 is 5.97 Å². The van der Waals surface area contributed by atoms with Crippen LogP contribution in [0.2, 0.25) is 5.02 Å². The Morgan fingerprint density at radius 3 is 2.30 bits per heavy atom. The Morgan fingerprint density at radius 2 is 1.60 bits per heavy atom. The van der Waals surface area contributed by atoms with E-state index in [-0.39, 0.29) is 12.6 Å². The molecule has 2 aromatic carbocycles. The van der Waals surface area contributed by atoms with Gasteiger partial charge in [-0.2, -0.15) is 5.26 Å². The predicted molar refractivity (Wildman–Crippen MR) is 184 cm³/mol. The van der Waals surface area contributed by atoms with Crippen LogP contribution in [0.3, 0.4) is 0 Å². The van der Waals surface area contributed by atoms with Gasteiger partial charge in [-0.1, -0.05) is 49.3 Å². The number of esters is 1. The molecule has 3 rings (SSSR count). The van der Waals surface area contributed by atoms with Gasteiger partial charge < -0.3 is 23.7 Å². The highest BCUT2D eigenvalue weighted by Crippen LogP contribution is 2.38. The number of nitriles is 1. The Bertz CT molecular complexity index is 1470. The summed E-state index contributed by atoms with van der Waals surface area (Å²) in [5, 5.41) is 11.0. The molecule has 0 aliphatic rings. The summed E-state index contributed by atoms with van der Waals surface area (Å²) in [6.45, 7) is 12.1. The lowest BCUT2D eigenvalue weighted by Gasteiger charge is -2.27. The number of benzene rings is 2. The first-order valence-electron chi connectivity index (χ1n) is 15.8. The standard InChI is InChI=1S/C36H46ClN3O6S/c1-35(2,3)46-32(41)25-43-19-10-18-42-17-8-7-9-20-44-33-26(23-38)21-28(22-31(33)37)36(4,5)27-11-13-30(14-12-27)45-24-29-15-16-39-34(40-29)47-6/h11-16,21-22H,7-10,17-20,24-25H2,1-6H3. The van der Waals surface area contributed by atoms with Gasteiger partial charge in [0, 0.05) is 31.4 Å². The van der Waals surface area contributed by atoms with Crippen LogP contribution in [0.1, 0.15) is 82.7 Å². The number of hydrogen-bond acceptors (Lipinski definition) is 10. The average Bonchev–Trinajstić information content (AvgIpc) is 3.04. The monoisotopic (exact) mass is 683 g/mol. The average molecular weight is 684 g/mol. The van der Waals surface area contributed by atoms with Gasteiger partial charge in [-0.05, 0) is 94.2 Å². The fourth-order valence-corrected chi connectivity index (χ4v) is 5.23. The minimum Gasteiger partial charge on any atom is -0.491 e. The summed E-state index contributed by atoms with van der Waals surface area (Å²) in [7, 11) is 0. The fraction of sp³-hybridized carbons (Fsp3) is 0.500. The van der Waals surface area contributed by atoms with Crippen LogP contribution in [-0.2, 0) is 31.0 Å². The molecule has 1 heterocycles. The second-order valence-corrected chi connectivity index (χ2v) is 13.6. The van der Waals surface area contributed by atoms with E-state index in [1.54, 1.807) is 6.20 Å². The van der Waals surface area contributed by atoms with E-state index in [1.165, 1.54) is 11.8 Å². The lowest BCUT2D eigenvalue weighted by molar-refractivity contribution is -0.160. The zero-order valence-electron chi connectivity index (χ0n) is 28.3. The van der Waals surface area contributed by atoms with E-state index in [2.05, 4.69) is 29.9 Å². The molecule has 0 N–H and O–H groups in total. The zero-order chi connectivity index (χ0) is 34.3. The molecule has 1 aromatic heterocycles. The Hall–Kier alpha value is -3.36. The molecule has 3 aromatic rings. The number of thioether (sulfide) groups is 1. The Kier molecular flexibility index (Phi) is 15.3. The second-order valence-electron chi connectivity index (χ2n) is 12.4. The number of rotatable bonds is 19. The molecule has 0 atom stereocenters. The summed E-state index contributed by atoms with van der Waals surface area (Å²) >= 11 is 8.16. The molecule has 9 nitrogen and oxygen atoms in total. The first-order valence-corrected chi connectivity index (χ1v) is 17.4. The molecule has 0 fully saturated rings. The highest BCUT2D eigenvalue weighted by Gasteiger charge is 2.26. The van der Waals surface area contributed by atoms with Gasteiger partial charge in [-0.15, -0.1) is 0 Å². The van der Waals surface area contributed by atoms with E-state index >= 15 is 0 Å². The van der Waals surface area contributed by atoms with E-state index in [9.17, 15) is 10.1 Å². The number of aromatic nitrogens is 2. The molecular formula is C36H46ClN3O6S. The molecule has 0 amide bonds. The van der Waals surface area contributed by atoms with Gasteiger partial charge in [-0.3, -0.25) is 0 Å². The van der Waals surface area contributed by atoms with Crippen molar-refractivity contribution in [3.05, 3.63) is 76.1 Å². The lowest BCUT2D eigenvalue weighted by Crippen LogP contribution is -2.26. The summed E-state index contributed by atoms with van der Waals surface area (Å²) in [4.78, 5) is 20.3. The van der Waals surface area contributed by atoms with Crippen LogP contribution in [-0.4, -0.2) is 60.8 Å². The van der Waals surface area contributed by atoms with Crippen molar-refractivity contribution >= 4 is 29.3 Å². The number of halogens is 1. The molecule has 0 bridgehead atoms. The predicted octanol–water partition coefficient (Wildman–Crippen LogP) is 7.94. The van der Waals surface area contributed by atoms with Crippen molar-refractivity contribution in [3.63, 3.8) is 0 Å². The van der Waals surface area contributed by atoms with Gasteiger partial charge in [0.2, 0.25) is 0 Å². The summed E-state index contributed by atoms with van der Waals surface area (Å²) in [5.74, 6) is 0.786. The Morgan fingerprint density at radius 1 is 0.894 bits per heavy atom. The molecule has 0 spiro atoms. The number of hydrogen-bond donors (Lipinski definition) is 0. The maximum Gasteiger partial charge on any atom is 0.332 e. The molecule has 47 heavy (non-hydrogen) atoms. The van der Waals surface area contributed by atoms with Crippen molar-refractivity contribution in [1.29, 1.82) is 5.26 Å². The maximum absolute atomic E-state index is 11.6. The molecule has 0 aliphatic carbocycles. The number of carbonyl (C=O) groups excluding carboxylic acids is 1. The summed E-state index contributed by atoms with van der Waals surface area (Å²) in [5.41, 5.74) is 2.27. The summed E-state index contributed by atoms with van der Waals surface area (Å²) < 4.78 is 28.1. The van der Waals surface area contributed by atoms with E-state index in [1.807, 2.05) is 69.5 Å². The normalized spacial score (nSPS) is 11.6. The third kappa shape index (κ3) is 13.0. The van der Waals surface area contributed by atoms with Gasteiger partial charge in [0.25, 0.3) is 0 Å². The largest absolute Gasteiger partial charge is 0.491 e. The number of carbonyl (C=O) groups is 1. The third-order valence-electron chi connectivity index (χ3n) is 7.12. The SMILES string of the molecule is CSc1nccc(COc2ccc(C(C)(C)c3cc(Cl)c(OCCCCCOCCCOCC(=O)OC(C)(C)C)c(C#N)c3)cc2)n1. The molecule has 0 aliphatic heterocycles. The van der Waals surface area contributed by atoms with Crippen molar-refractivity contribution in [1.82, 2.24) is 9.97 Å². The smallest absolute Gasteiger partial charge is 0.332 e. The first-order chi connectivity index (χ1) is 22.4. The zero-order valence-corrected chi connectivity index (χ0v) is 29.8. The summed E-state index contributed by atoms with van der Waals surface area (Å²) in [6, 6.07) is 15.8.